The van der Waals surface area contributed by atoms with Crippen LogP contribution in [0.5, 0.6) is 0 Å². The predicted octanol–water partition coefficient (Wildman–Crippen LogP) is 4.75. The quantitative estimate of drug-likeness (QED) is 0.737. The van der Waals surface area contributed by atoms with E-state index in [0.717, 1.165) is 18.2 Å². The maximum Gasteiger partial charge on any atom is 0.0695 e. The molecule has 1 N–H and O–H groups in total. The van der Waals surface area contributed by atoms with Gasteiger partial charge in [0, 0.05) is 24.6 Å². The van der Waals surface area contributed by atoms with E-state index >= 15 is 0 Å². The molecule has 0 aliphatic heterocycles. The van der Waals surface area contributed by atoms with Gasteiger partial charge in [0.25, 0.3) is 0 Å². The first-order valence-corrected chi connectivity index (χ1v) is 8.32. The van der Waals surface area contributed by atoms with E-state index in [2.05, 4.69) is 52.9 Å². The smallest absolute Gasteiger partial charge is 0.0695 e. The van der Waals surface area contributed by atoms with Gasteiger partial charge in [-0.1, -0.05) is 36.8 Å². The van der Waals surface area contributed by atoms with Crippen molar-refractivity contribution in [3.8, 4) is 5.69 Å². The van der Waals surface area contributed by atoms with Gasteiger partial charge < -0.3 is 5.32 Å². The number of hydrogen-bond donors (Lipinski definition) is 1. The summed E-state index contributed by atoms with van der Waals surface area (Å²) in [6.45, 7) is 0.790. The lowest BCUT2D eigenvalue weighted by molar-refractivity contribution is 0.420. The first-order chi connectivity index (χ1) is 11.4. The standard InChI is InChI=1S/C20H21N3/c1-2-8-20(23-14-4-13-22-23)18(5-1)15-21-19-11-9-17(10-12-19)16-6-3-7-16/h1-2,4-5,8-14,16,21H,3,6-7,15H2. The van der Waals surface area contributed by atoms with Crippen molar-refractivity contribution in [2.75, 3.05) is 5.32 Å². The SMILES string of the molecule is c1ccc(-n2cccn2)c(CNc2ccc(C3CCC3)cc2)c1. The minimum Gasteiger partial charge on any atom is -0.381 e. The minimum absolute atomic E-state index is 0.790. The van der Waals surface area contributed by atoms with E-state index in [-0.39, 0.29) is 0 Å². The molecule has 4 rings (SSSR count). The predicted molar refractivity (Wildman–Crippen MR) is 93.9 cm³/mol. The summed E-state index contributed by atoms with van der Waals surface area (Å²) in [6, 6.07) is 19.3. The molecule has 1 aromatic heterocycles. The molecule has 1 saturated carbocycles. The van der Waals surface area contributed by atoms with E-state index in [4.69, 9.17) is 0 Å². The second-order valence-electron chi connectivity index (χ2n) is 6.18. The summed E-state index contributed by atoms with van der Waals surface area (Å²) >= 11 is 0. The Hall–Kier alpha value is -2.55. The van der Waals surface area contributed by atoms with Gasteiger partial charge in [-0.15, -0.1) is 0 Å². The Morgan fingerprint density at radius 1 is 1.00 bits per heavy atom. The molecule has 1 heterocycles. The number of aromatic nitrogens is 2. The van der Waals surface area contributed by atoms with Gasteiger partial charge in [0.05, 0.1) is 5.69 Å². The van der Waals surface area contributed by atoms with Gasteiger partial charge in [-0.3, -0.25) is 0 Å². The lowest BCUT2D eigenvalue weighted by Crippen LogP contribution is -2.09. The first kappa shape index (κ1) is 14.1. The first-order valence-electron chi connectivity index (χ1n) is 8.32. The highest BCUT2D eigenvalue weighted by Crippen LogP contribution is 2.36. The lowest BCUT2D eigenvalue weighted by atomic mass is 9.80. The van der Waals surface area contributed by atoms with Gasteiger partial charge in [-0.05, 0) is 54.2 Å². The van der Waals surface area contributed by atoms with Gasteiger partial charge in [-0.25, -0.2) is 4.68 Å². The molecule has 2 aromatic carbocycles. The third-order valence-electron chi connectivity index (χ3n) is 4.71. The summed E-state index contributed by atoms with van der Waals surface area (Å²) in [6.07, 6.45) is 7.87. The van der Waals surface area contributed by atoms with Crippen LogP contribution in [0, 0.1) is 0 Å². The average Bonchev–Trinajstić information content (AvgIpc) is 3.07. The Morgan fingerprint density at radius 3 is 2.52 bits per heavy atom. The minimum atomic E-state index is 0.790. The van der Waals surface area contributed by atoms with E-state index < -0.39 is 0 Å². The van der Waals surface area contributed by atoms with Crippen molar-refractivity contribution in [3.63, 3.8) is 0 Å². The number of hydrogen-bond acceptors (Lipinski definition) is 2. The zero-order valence-electron chi connectivity index (χ0n) is 13.2. The zero-order chi connectivity index (χ0) is 15.5. The van der Waals surface area contributed by atoms with E-state index in [1.165, 1.54) is 36.1 Å². The van der Waals surface area contributed by atoms with Crippen LogP contribution in [-0.2, 0) is 6.54 Å². The zero-order valence-corrected chi connectivity index (χ0v) is 13.2. The van der Waals surface area contributed by atoms with Crippen molar-refractivity contribution in [1.82, 2.24) is 9.78 Å². The molecule has 0 saturated heterocycles. The molecule has 0 radical (unpaired) electrons. The number of anilines is 1. The van der Waals surface area contributed by atoms with E-state index in [1.807, 2.05) is 29.2 Å². The molecule has 1 aliphatic rings. The molecule has 1 fully saturated rings. The van der Waals surface area contributed by atoms with Crippen LogP contribution in [0.15, 0.2) is 67.0 Å². The van der Waals surface area contributed by atoms with Crippen LogP contribution >= 0.6 is 0 Å². The molecule has 3 nitrogen and oxygen atoms in total. The van der Waals surface area contributed by atoms with Crippen LogP contribution in [0.4, 0.5) is 5.69 Å². The monoisotopic (exact) mass is 303 g/mol. The highest BCUT2D eigenvalue weighted by Gasteiger charge is 2.18. The van der Waals surface area contributed by atoms with Crippen molar-refractivity contribution in [2.45, 2.75) is 31.7 Å². The molecule has 0 atom stereocenters. The molecular weight excluding hydrogens is 282 g/mol. The summed E-state index contributed by atoms with van der Waals surface area (Å²) in [5.41, 5.74) is 5.01. The fourth-order valence-corrected chi connectivity index (χ4v) is 3.11. The van der Waals surface area contributed by atoms with E-state index in [1.54, 1.807) is 0 Å². The molecular formula is C20H21N3. The summed E-state index contributed by atoms with van der Waals surface area (Å²) in [5.74, 6) is 0.796. The van der Waals surface area contributed by atoms with Crippen molar-refractivity contribution < 1.29 is 0 Å². The van der Waals surface area contributed by atoms with Gasteiger partial charge in [0.2, 0.25) is 0 Å². The highest BCUT2D eigenvalue weighted by molar-refractivity contribution is 5.48. The molecule has 0 unspecified atom stereocenters. The van der Waals surface area contributed by atoms with Crippen molar-refractivity contribution in [1.29, 1.82) is 0 Å². The van der Waals surface area contributed by atoms with Crippen LogP contribution < -0.4 is 5.32 Å². The Balaban J connectivity index is 1.47. The van der Waals surface area contributed by atoms with E-state index in [0.29, 0.717) is 0 Å². The second-order valence-corrected chi connectivity index (χ2v) is 6.18. The molecule has 1 aliphatic carbocycles. The van der Waals surface area contributed by atoms with E-state index in [9.17, 15) is 0 Å². The Kier molecular flexibility index (Phi) is 3.85. The molecule has 0 spiro atoms. The Bertz CT molecular complexity index is 756. The van der Waals surface area contributed by atoms with Gasteiger partial charge in [0.15, 0.2) is 0 Å². The lowest BCUT2D eigenvalue weighted by Gasteiger charge is -2.25. The van der Waals surface area contributed by atoms with Crippen molar-refractivity contribution in [3.05, 3.63) is 78.1 Å². The molecule has 23 heavy (non-hydrogen) atoms. The van der Waals surface area contributed by atoms with Crippen LogP contribution in [0.3, 0.4) is 0 Å². The Morgan fingerprint density at radius 2 is 1.83 bits per heavy atom. The average molecular weight is 303 g/mol. The largest absolute Gasteiger partial charge is 0.381 e. The van der Waals surface area contributed by atoms with Crippen LogP contribution in [0.1, 0.15) is 36.3 Å². The maximum absolute atomic E-state index is 4.34. The Labute approximate surface area is 137 Å². The van der Waals surface area contributed by atoms with Crippen LogP contribution in [-0.4, -0.2) is 9.78 Å². The summed E-state index contributed by atoms with van der Waals surface area (Å²) < 4.78 is 1.91. The molecule has 3 heteroatoms. The second kappa shape index (κ2) is 6.29. The number of benzene rings is 2. The molecule has 0 amide bonds. The number of rotatable bonds is 5. The fourth-order valence-electron chi connectivity index (χ4n) is 3.11. The van der Waals surface area contributed by atoms with Gasteiger partial charge in [-0.2, -0.15) is 5.10 Å². The number of nitrogens with one attached hydrogen (secondary N) is 1. The number of para-hydroxylation sites is 1. The van der Waals surface area contributed by atoms with Crippen LogP contribution in [0.25, 0.3) is 5.69 Å². The van der Waals surface area contributed by atoms with Crippen molar-refractivity contribution >= 4 is 5.69 Å². The topological polar surface area (TPSA) is 29.9 Å². The molecule has 116 valence electrons. The third-order valence-corrected chi connectivity index (χ3v) is 4.71. The fraction of sp³-hybridized carbons (Fsp3) is 0.250. The summed E-state index contributed by atoms with van der Waals surface area (Å²) in [4.78, 5) is 0. The number of nitrogens with zero attached hydrogens (tertiary/aromatic N) is 2. The van der Waals surface area contributed by atoms with Crippen LogP contribution in [0.2, 0.25) is 0 Å². The third kappa shape index (κ3) is 3.00. The highest BCUT2D eigenvalue weighted by atomic mass is 15.3. The van der Waals surface area contributed by atoms with Gasteiger partial charge in [0.1, 0.15) is 0 Å². The maximum atomic E-state index is 4.34. The summed E-state index contributed by atoms with van der Waals surface area (Å²) in [7, 11) is 0. The summed E-state index contributed by atoms with van der Waals surface area (Å²) in [5, 5.41) is 7.86. The molecule has 3 aromatic rings. The van der Waals surface area contributed by atoms with Gasteiger partial charge >= 0.3 is 0 Å². The molecule has 0 bridgehead atoms. The van der Waals surface area contributed by atoms with Crippen molar-refractivity contribution in [2.24, 2.45) is 0 Å². The normalized spacial score (nSPS) is 14.4.